The molecule has 102 valence electrons. The molecule has 0 atom stereocenters. The number of anilines is 1. The quantitative estimate of drug-likeness (QED) is 0.628. The molecule has 5 nitrogen and oxygen atoms in total. The molecule has 1 rings (SSSR count). The second kappa shape index (κ2) is 5.85. The van der Waals surface area contributed by atoms with Crippen LogP contribution in [0.5, 0.6) is 5.88 Å². The van der Waals surface area contributed by atoms with Crippen LogP contribution in [0.1, 0.15) is 24.7 Å². The van der Waals surface area contributed by atoms with Crippen molar-refractivity contribution in [2.24, 2.45) is 5.84 Å². The van der Waals surface area contributed by atoms with Crippen LogP contribution >= 0.6 is 0 Å². The van der Waals surface area contributed by atoms with E-state index in [2.05, 4.69) is 15.4 Å². The zero-order valence-electron chi connectivity index (χ0n) is 10.1. The van der Waals surface area contributed by atoms with Gasteiger partial charge in [0, 0.05) is 6.42 Å². The van der Waals surface area contributed by atoms with Gasteiger partial charge in [-0.15, -0.1) is 0 Å². The number of nitrogens with one attached hydrogen (secondary N) is 1. The number of nitrogen functional groups attached to an aromatic ring is 1. The number of ether oxygens (including phenoxy) is 1. The third kappa shape index (κ3) is 4.02. The minimum absolute atomic E-state index is 0.124. The molecule has 0 spiro atoms. The van der Waals surface area contributed by atoms with Crippen LogP contribution in [0.4, 0.5) is 19.0 Å². The summed E-state index contributed by atoms with van der Waals surface area (Å²) < 4.78 is 41.0. The van der Waals surface area contributed by atoms with E-state index in [4.69, 9.17) is 10.6 Å². The molecule has 0 radical (unpaired) electrons. The minimum Gasteiger partial charge on any atom is -0.477 e. The van der Waals surface area contributed by atoms with Gasteiger partial charge < -0.3 is 10.2 Å². The van der Waals surface area contributed by atoms with Gasteiger partial charge in [-0.3, -0.25) is 0 Å². The van der Waals surface area contributed by atoms with Gasteiger partial charge in [0.2, 0.25) is 5.88 Å². The molecule has 0 saturated carbocycles. The fourth-order valence-electron chi connectivity index (χ4n) is 1.24. The number of halogens is 3. The Morgan fingerprint density at radius 1 is 1.33 bits per heavy atom. The summed E-state index contributed by atoms with van der Waals surface area (Å²) in [5.41, 5.74) is 2.85. The van der Waals surface area contributed by atoms with Crippen molar-refractivity contribution in [2.75, 3.05) is 12.0 Å². The molecular formula is C10H15F3N4O. The molecule has 0 aliphatic carbocycles. The normalized spacial score (nSPS) is 11.4. The van der Waals surface area contributed by atoms with E-state index in [1.807, 2.05) is 6.92 Å². The van der Waals surface area contributed by atoms with Crippen LogP contribution in [0.25, 0.3) is 0 Å². The molecule has 0 fully saturated rings. The number of nitrogens with two attached hydrogens (primary N) is 1. The first-order chi connectivity index (χ1) is 8.37. The molecule has 18 heavy (non-hydrogen) atoms. The third-order valence-corrected chi connectivity index (χ3v) is 2.22. The van der Waals surface area contributed by atoms with Crippen molar-refractivity contribution in [1.82, 2.24) is 9.97 Å². The molecule has 1 heterocycles. The van der Waals surface area contributed by atoms with Crippen LogP contribution in [-0.2, 0) is 6.42 Å². The summed E-state index contributed by atoms with van der Waals surface area (Å²) >= 11 is 0. The van der Waals surface area contributed by atoms with Crippen molar-refractivity contribution in [1.29, 1.82) is 0 Å². The molecule has 3 N–H and O–H groups in total. The van der Waals surface area contributed by atoms with Crippen molar-refractivity contribution >= 4 is 5.82 Å². The Morgan fingerprint density at radius 3 is 2.50 bits per heavy atom. The molecule has 0 aliphatic heterocycles. The molecule has 0 amide bonds. The lowest BCUT2D eigenvalue weighted by molar-refractivity contribution is -0.139. The highest BCUT2D eigenvalue weighted by Crippen LogP contribution is 2.24. The largest absolute Gasteiger partial charge is 0.477 e. The number of rotatable bonds is 5. The average molecular weight is 264 g/mol. The van der Waals surface area contributed by atoms with E-state index in [-0.39, 0.29) is 5.88 Å². The van der Waals surface area contributed by atoms with Gasteiger partial charge in [-0.05, 0) is 6.92 Å². The van der Waals surface area contributed by atoms with Crippen LogP contribution in [0, 0.1) is 6.92 Å². The predicted octanol–water partition coefficient (Wildman–Crippen LogP) is 1.96. The standard InChI is InChI=1S/C10H15F3N4O/c1-3-7-15-8(17-14)6(2)9(16-7)18-5-4-10(11,12)13/h3-5,14H2,1-2H3,(H,15,16,17). The van der Waals surface area contributed by atoms with Gasteiger partial charge in [-0.2, -0.15) is 18.2 Å². The first-order valence-corrected chi connectivity index (χ1v) is 5.41. The van der Waals surface area contributed by atoms with Gasteiger partial charge in [0.1, 0.15) is 11.6 Å². The number of alkyl halides is 3. The number of hydrogen-bond acceptors (Lipinski definition) is 5. The second-order valence-corrected chi connectivity index (χ2v) is 3.63. The monoisotopic (exact) mass is 264 g/mol. The van der Waals surface area contributed by atoms with Crippen molar-refractivity contribution in [3.05, 3.63) is 11.4 Å². The van der Waals surface area contributed by atoms with Gasteiger partial charge in [0.25, 0.3) is 0 Å². The van der Waals surface area contributed by atoms with E-state index >= 15 is 0 Å². The fraction of sp³-hybridized carbons (Fsp3) is 0.600. The van der Waals surface area contributed by atoms with Crippen molar-refractivity contribution < 1.29 is 17.9 Å². The van der Waals surface area contributed by atoms with E-state index in [0.29, 0.717) is 23.6 Å². The van der Waals surface area contributed by atoms with Gasteiger partial charge in [0.05, 0.1) is 18.6 Å². The lowest BCUT2D eigenvalue weighted by atomic mass is 10.3. The van der Waals surface area contributed by atoms with Gasteiger partial charge in [-0.1, -0.05) is 6.92 Å². The Kier molecular flexibility index (Phi) is 4.71. The van der Waals surface area contributed by atoms with Crippen LogP contribution < -0.4 is 16.0 Å². The van der Waals surface area contributed by atoms with Gasteiger partial charge in [-0.25, -0.2) is 10.8 Å². The highest BCUT2D eigenvalue weighted by atomic mass is 19.4. The van der Waals surface area contributed by atoms with E-state index in [1.165, 1.54) is 0 Å². The number of aromatic nitrogens is 2. The topological polar surface area (TPSA) is 73.1 Å². The smallest absolute Gasteiger partial charge is 0.392 e. The number of nitrogens with zero attached hydrogens (tertiary/aromatic N) is 2. The Morgan fingerprint density at radius 2 is 2.00 bits per heavy atom. The lowest BCUT2D eigenvalue weighted by Crippen LogP contribution is -2.16. The molecule has 1 aromatic heterocycles. The summed E-state index contributed by atoms with van der Waals surface area (Å²) in [6.07, 6.45) is -4.74. The predicted molar refractivity (Wildman–Crippen MR) is 60.1 cm³/mol. The maximum absolute atomic E-state index is 12.0. The van der Waals surface area contributed by atoms with E-state index in [9.17, 15) is 13.2 Å². The molecule has 0 saturated heterocycles. The number of aryl methyl sites for hydroxylation is 1. The number of hydrazine groups is 1. The van der Waals surface area contributed by atoms with Crippen molar-refractivity contribution in [3.63, 3.8) is 0 Å². The first-order valence-electron chi connectivity index (χ1n) is 5.41. The Bertz CT molecular complexity index is 409. The maximum atomic E-state index is 12.0. The Labute approximate surface area is 103 Å². The van der Waals surface area contributed by atoms with Crippen LogP contribution in [0.15, 0.2) is 0 Å². The van der Waals surface area contributed by atoms with E-state index in [0.717, 1.165) is 0 Å². The fourth-order valence-corrected chi connectivity index (χ4v) is 1.24. The van der Waals surface area contributed by atoms with Crippen LogP contribution in [-0.4, -0.2) is 22.8 Å². The zero-order chi connectivity index (χ0) is 13.8. The van der Waals surface area contributed by atoms with Crippen LogP contribution in [0.3, 0.4) is 0 Å². The van der Waals surface area contributed by atoms with E-state index < -0.39 is 19.2 Å². The molecule has 1 aromatic rings. The van der Waals surface area contributed by atoms with E-state index in [1.54, 1.807) is 6.92 Å². The zero-order valence-corrected chi connectivity index (χ0v) is 10.1. The first kappa shape index (κ1) is 14.5. The summed E-state index contributed by atoms with van der Waals surface area (Å²) in [7, 11) is 0. The second-order valence-electron chi connectivity index (χ2n) is 3.63. The summed E-state index contributed by atoms with van der Waals surface area (Å²) in [6.45, 7) is 2.97. The molecule has 0 aromatic carbocycles. The van der Waals surface area contributed by atoms with Gasteiger partial charge >= 0.3 is 6.18 Å². The van der Waals surface area contributed by atoms with Crippen molar-refractivity contribution in [3.8, 4) is 5.88 Å². The third-order valence-electron chi connectivity index (χ3n) is 2.22. The van der Waals surface area contributed by atoms with Gasteiger partial charge in [0.15, 0.2) is 0 Å². The van der Waals surface area contributed by atoms with Crippen molar-refractivity contribution in [2.45, 2.75) is 32.9 Å². The highest BCUT2D eigenvalue weighted by molar-refractivity contribution is 5.47. The SMILES string of the molecule is CCc1nc(NN)c(C)c(OCCC(F)(F)F)n1. The molecule has 0 unspecified atom stereocenters. The number of hydrogen-bond donors (Lipinski definition) is 2. The molecule has 8 heteroatoms. The summed E-state index contributed by atoms with van der Waals surface area (Å²) in [5.74, 6) is 6.19. The van der Waals surface area contributed by atoms with Crippen LogP contribution in [0.2, 0.25) is 0 Å². The summed E-state index contributed by atoms with van der Waals surface area (Å²) in [4.78, 5) is 8.10. The Balaban J connectivity index is 2.81. The molecule has 0 bridgehead atoms. The minimum atomic E-state index is -4.25. The molecule has 0 aliphatic rings. The maximum Gasteiger partial charge on any atom is 0.392 e. The Hall–Kier alpha value is -1.57. The molecular weight excluding hydrogens is 249 g/mol. The summed E-state index contributed by atoms with van der Waals surface area (Å²) in [5, 5.41) is 0. The summed E-state index contributed by atoms with van der Waals surface area (Å²) in [6, 6.07) is 0. The highest BCUT2D eigenvalue weighted by Gasteiger charge is 2.27. The average Bonchev–Trinajstić information content (AvgIpc) is 2.29. The lowest BCUT2D eigenvalue weighted by Gasteiger charge is -2.13.